The van der Waals surface area contributed by atoms with Crippen LogP contribution in [0.15, 0.2) is 53.7 Å². The number of rotatable bonds is 3. The predicted molar refractivity (Wildman–Crippen MR) is 94.7 cm³/mol. The number of hydrogen-bond acceptors (Lipinski definition) is 4. The summed E-state index contributed by atoms with van der Waals surface area (Å²) in [5.41, 5.74) is 1.48. The van der Waals surface area contributed by atoms with E-state index < -0.39 is 10.0 Å². The zero-order valence-corrected chi connectivity index (χ0v) is 14.9. The highest BCUT2D eigenvalue weighted by Crippen LogP contribution is 2.19. The van der Waals surface area contributed by atoms with Crippen molar-refractivity contribution < 1.29 is 13.2 Å². The van der Waals surface area contributed by atoms with Crippen molar-refractivity contribution in [3.05, 3.63) is 59.9 Å². The first-order chi connectivity index (χ1) is 12.0. The lowest BCUT2D eigenvalue weighted by Crippen LogP contribution is -2.37. The molecule has 0 saturated carbocycles. The molecule has 132 valence electrons. The quantitative estimate of drug-likeness (QED) is 0.840. The molecule has 0 aliphatic carbocycles. The Balaban J connectivity index is 1.74. The summed E-state index contributed by atoms with van der Waals surface area (Å²) in [5, 5.41) is 0. The number of aryl methyl sites for hydroxylation is 1. The minimum atomic E-state index is -3.54. The largest absolute Gasteiger partial charge is 0.337 e. The maximum absolute atomic E-state index is 12.9. The Labute approximate surface area is 148 Å². The van der Waals surface area contributed by atoms with E-state index in [1.165, 1.54) is 4.31 Å². The van der Waals surface area contributed by atoms with Gasteiger partial charge in [0.15, 0.2) is 0 Å². The van der Waals surface area contributed by atoms with Crippen molar-refractivity contribution in [2.24, 2.45) is 0 Å². The van der Waals surface area contributed by atoms with Crippen LogP contribution in [0.4, 0.5) is 0 Å². The molecule has 0 atom stereocenters. The number of hydrogen-bond donors (Lipinski definition) is 0. The molecular weight excluding hydrogens is 338 g/mol. The topological polar surface area (TPSA) is 70.6 Å². The van der Waals surface area contributed by atoms with Crippen molar-refractivity contribution in [1.82, 2.24) is 14.2 Å². The van der Waals surface area contributed by atoms with Gasteiger partial charge < -0.3 is 4.90 Å². The highest BCUT2D eigenvalue weighted by Gasteiger charge is 2.28. The highest BCUT2D eigenvalue weighted by molar-refractivity contribution is 7.89. The van der Waals surface area contributed by atoms with Crippen molar-refractivity contribution in [1.29, 1.82) is 0 Å². The molecule has 0 radical (unpaired) electrons. The van der Waals surface area contributed by atoms with E-state index in [4.69, 9.17) is 0 Å². The van der Waals surface area contributed by atoms with Crippen molar-refractivity contribution in [2.75, 3.05) is 26.2 Å². The third-order valence-electron chi connectivity index (χ3n) is 4.30. The van der Waals surface area contributed by atoms with Gasteiger partial charge in [0.2, 0.25) is 10.0 Å². The van der Waals surface area contributed by atoms with Crippen molar-refractivity contribution in [3.63, 3.8) is 0 Å². The van der Waals surface area contributed by atoms with Crippen molar-refractivity contribution in [3.8, 4) is 0 Å². The van der Waals surface area contributed by atoms with Crippen LogP contribution in [0.1, 0.15) is 22.3 Å². The molecule has 2 heterocycles. The molecule has 1 aliphatic heterocycles. The first-order valence-electron chi connectivity index (χ1n) is 8.24. The van der Waals surface area contributed by atoms with Gasteiger partial charge in [0, 0.05) is 44.1 Å². The fraction of sp³-hybridized carbons (Fsp3) is 0.333. The van der Waals surface area contributed by atoms with Gasteiger partial charge in [0.05, 0.1) is 4.90 Å². The summed E-state index contributed by atoms with van der Waals surface area (Å²) < 4.78 is 27.2. The Morgan fingerprint density at radius 1 is 1.04 bits per heavy atom. The lowest BCUT2D eigenvalue weighted by molar-refractivity contribution is 0.0764. The second-order valence-corrected chi connectivity index (χ2v) is 8.04. The zero-order chi connectivity index (χ0) is 17.9. The average molecular weight is 359 g/mol. The summed E-state index contributed by atoms with van der Waals surface area (Å²) in [6, 6.07) is 10.3. The van der Waals surface area contributed by atoms with Crippen LogP contribution in [0.25, 0.3) is 0 Å². The van der Waals surface area contributed by atoms with Gasteiger partial charge in [0.25, 0.3) is 5.91 Å². The molecule has 0 bridgehead atoms. The highest BCUT2D eigenvalue weighted by atomic mass is 32.2. The van der Waals surface area contributed by atoms with E-state index in [2.05, 4.69) is 4.98 Å². The number of sulfonamides is 1. The van der Waals surface area contributed by atoms with Crippen LogP contribution in [0, 0.1) is 6.92 Å². The smallest absolute Gasteiger partial charge is 0.254 e. The van der Waals surface area contributed by atoms with E-state index >= 15 is 0 Å². The van der Waals surface area contributed by atoms with E-state index in [-0.39, 0.29) is 5.91 Å². The molecule has 2 aromatic rings. The molecule has 1 aromatic heterocycles. The SMILES string of the molecule is Cc1cccc(S(=O)(=O)N2CCCN(C(=O)c3ccncc3)CC2)c1. The average Bonchev–Trinajstić information content (AvgIpc) is 2.88. The second-order valence-electron chi connectivity index (χ2n) is 6.10. The molecule has 1 amide bonds. The van der Waals surface area contributed by atoms with E-state index in [1.54, 1.807) is 47.6 Å². The van der Waals surface area contributed by atoms with Crippen molar-refractivity contribution >= 4 is 15.9 Å². The van der Waals surface area contributed by atoms with E-state index in [0.717, 1.165) is 5.56 Å². The third-order valence-corrected chi connectivity index (χ3v) is 6.19. The molecule has 0 N–H and O–H groups in total. The van der Waals surface area contributed by atoms with Crippen LogP contribution in [-0.2, 0) is 10.0 Å². The molecule has 0 spiro atoms. The predicted octanol–water partition coefficient (Wildman–Crippen LogP) is 1.93. The van der Waals surface area contributed by atoms with Crippen LogP contribution in [-0.4, -0.2) is 54.7 Å². The van der Waals surface area contributed by atoms with Gasteiger partial charge in [-0.05, 0) is 43.2 Å². The lowest BCUT2D eigenvalue weighted by atomic mass is 10.2. The molecule has 1 fully saturated rings. The van der Waals surface area contributed by atoms with Gasteiger partial charge in [-0.2, -0.15) is 4.31 Å². The van der Waals surface area contributed by atoms with Crippen LogP contribution < -0.4 is 0 Å². The Morgan fingerprint density at radius 3 is 2.52 bits per heavy atom. The summed E-state index contributed by atoms with van der Waals surface area (Å²) in [5.74, 6) is -0.0859. The molecule has 25 heavy (non-hydrogen) atoms. The van der Waals surface area contributed by atoms with E-state index in [9.17, 15) is 13.2 Å². The summed E-state index contributed by atoms with van der Waals surface area (Å²) in [6.07, 6.45) is 3.78. The van der Waals surface area contributed by atoms with Crippen LogP contribution in [0.3, 0.4) is 0 Å². The number of benzene rings is 1. The van der Waals surface area contributed by atoms with E-state index in [0.29, 0.717) is 43.1 Å². The Hall–Kier alpha value is -2.25. The number of aromatic nitrogens is 1. The number of carbonyl (C=O) groups excluding carboxylic acids is 1. The van der Waals surface area contributed by atoms with Crippen LogP contribution in [0.2, 0.25) is 0 Å². The van der Waals surface area contributed by atoms with Gasteiger partial charge >= 0.3 is 0 Å². The zero-order valence-electron chi connectivity index (χ0n) is 14.1. The summed E-state index contributed by atoms with van der Waals surface area (Å²) in [7, 11) is -3.54. The molecule has 1 saturated heterocycles. The third kappa shape index (κ3) is 3.88. The lowest BCUT2D eigenvalue weighted by Gasteiger charge is -2.22. The molecule has 6 nitrogen and oxygen atoms in total. The normalized spacial score (nSPS) is 16.4. The number of nitrogens with zero attached hydrogens (tertiary/aromatic N) is 3. The van der Waals surface area contributed by atoms with Gasteiger partial charge in [-0.25, -0.2) is 8.42 Å². The molecule has 3 rings (SSSR count). The summed E-state index contributed by atoms with van der Waals surface area (Å²) in [4.78, 5) is 18.5. The van der Waals surface area contributed by atoms with Crippen LogP contribution in [0.5, 0.6) is 0 Å². The molecular formula is C18H21N3O3S. The maximum Gasteiger partial charge on any atom is 0.254 e. The van der Waals surface area contributed by atoms with Crippen molar-refractivity contribution in [2.45, 2.75) is 18.2 Å². The standard InChI is InChI=1S/C18H21N3O3S/c1-15-4-2-5-17(14-15)25(23,24)21-11-3-10-20(12-13-21)18(22)16-6-8-19-9-7-16/h2,4-9,14H,3,10-13H2,1H3. The Morgan fingerprint density at radius 2 is 1.80 bits per heavy atom. The number of pyridine rings is 1. The Kier molecular flexibility index (Phi) is 5.15. The molecule has 1 aromatic carbocycles. The van der Waals surface area contributed by atoms with E-state index in [1.807, 2.05) is 13.0 Å². The van der Waals surface area contributed by atoms with Gasteiger partial charge in [-0.1, -0.05) is 12.1 Å². The molecule has 7 heteroatoms. The minimum Gasteiger partial charge on any atom is -0.337 e. The molecule has 1 aliphatic rings. The summed E-state index contributed by atoms with van der Waals surface area (Å²) in [6.45, 7) is 3.51. The summed E-state index contributed by atoms with van der Waals surface area (Å²) >= 11 is 0. The fourth-order valence-corrected chi connectivity index (χ4v) is 4.51. The fourth-order valence-electron chi connectivity index (χ4n) is 2.94. The van der Waals surface area contributed by atoms with Crippen LogP contribution >= 0.6 is 0 Å². The van der Waals surface area contributed by atoms with Gasteiger partial charge in [0.1, 0.15) is 0 Å². The molecule has 0 unspecified atom stereocenters. The number of carbonyl (C=O) groups is 1. The number of amides is 1. The first-order valence-corrected chi connectivity index (χ1v) is 9.68. The minimum absolute atomic E-state index is 0.0859. The van der Waals surface area contributed by atoms with Gasteiger partial charge in [-0.15, -0.1) is 0 Å². The Bertz CT molecular complexity index is 853. The van der Waals surface area contributed by atoms with Gasteiger partial charge in [-0.3, -0.25) is 9.78 Å². The monoisotopic (exact) mass is 359 g/mol. The maximum atomic E-state index is 12.9. The second kappa shape index (κ2) is 7.33. The first kappa shape index (κ1) is 17.6.